The van der Waals surface area contributed by atoms with Gasteiger partial charge in [0.15, 0.2) is 0 Å². The highest BCUT2D eigenvalue weighted by atomic mass is 35.5. The van der Waals surface area contributed by atoms with Crippen molar-refractivity contribution in [1.29, 1.82) is 0 Å². The van der Waals surface area contributed by atoms with E-state index in [1.54, 1.807) is 18.2 Å². The minimum Gasteiger partial charge on any atom is -0.355 e. The van der Waals surface area contributed by atoms with Gasteiger partial charge in [-0.3, -0.25) is 9.10 Å². The number of hydrogen-bond donors (Lipinski definition) is 1. The van der Waals surface area contributed by atoms with E-state index >= 15 is 0 Å². The zero-order valence-corrected chi connectivity index (χ0v) is 20.1. The molecule has 3 aromatic carbocycles. The number of hydrogen-bond acceptors (Lipinski definition) is 3. The van der Waals surface area contributed by atoms with Gasteiger partial charge in [0.2, 0.25) is 5.91 Å². The standard InChI is InChI=1S/C23H21Cl3N2O3S/c24-18-10-8-17(9-11-18)5-4-14-27-23(29)16-28(19-12-13-21(25)22(26)15-19)32(30,31)20-6-2-1-3-7-20/h1-3,6-13,15H,4-5,14,16H2,(H,27,29). The van der Waals surface area contributed by atoms with Gasteiger partial charge in [-0.05, 0) is 60.9 Å². The molecule has 0 aliphatic carbocycles. The van der Waals surface area contributed by atoms with E-state index in [9.17, 15) is 13.2 Å². The fourth-order valence-corrected chi connectivity index (χ4v) is 4.88. The van der Waals surface area contributed by atoms with Gasteiger partial charge in [0.25, 0.3) is 10.0 Å². The van der Waals surface area contributed by atoms with Gasteiger partial charge in [-0.25, -0.2) is 8.42 Å². The van der Waals surface area contributed by atoms with Gasteiger partial charge in [-0.1, -0.05) is 65.1 Å². The number of sulfonamides is 1. The summed E-state index contributed by atoms with van der Waals surface area (Å²) in [6, 6.07) is 19.9. The van der Waals surface area contributed by atoms with Crippen LogP contribution in [0.15, 0.2) is 77.7 Å². The molecule has 0 saturated heterocycles. The second-order valence-corrected chi connectivity index (χ2v) is 10.1. The molecule has 0 aliphatic rings. The summed E-state index contributed by atoms with van der Waals surface area (Å²) in [6.07, 6.45) is 1.46. The topological polar surface area (TPSA) is 66.5 Å². The lowest BCUT2D eigenvalue weighted by molar-refractivity contribution is -0.119. The number of rotatable bonds is 9. The summed E-state index contributed by atoms with van der Waals surface area (Å²) in [7, 11) is -4.00. The van der Waals surface area contributed by atoms with Crippen molar-refractivity contribution in [2.45, 2.75) is 17.7 Å². The number of carbonyl (C=O) groups is 1. The summed E-state index contributed by atoms with van der Waals surface area (Å²) in [6.45, 7) is 0.0121. The predicted octanol–water partition coefficient (Wildman–Crippen LogP) is 5.59. The number of halogens is 3. The van der Waals surface area contributed by atoms with Gasteiger partial charge in [0.1, 0.15) is 6.54 Å². The number of carbonyl (C=O) groups excluding carboxylic acids is 1. The Hall–Kier alpha value is -2.25. The first-order valence-electron chi connectivity index (χ1n) is 9.81. The van der Waals surface area contributed by atoms with E-state index in [2.05, 4.69) is 5.32 Å². The third-order valence-corrected chi connectivity index (χ3v) is 7.47. The Bertz CT molecular complexity index is 1170. The Morgan fingerprint density at radius 2 is 1.56 bits per heavy atom. The first-order valence-corrected chi connectivity index (χ1v) is 12.4. The summed E-state index contributed by atoms with van der Waals surface area (Å²) in [4.78, 5) is 12.7. The molecule has 0 spiro atoms. The average molecular weight is 512 g/mol. The van der Waals surface area contributed by atoms with E-state index in [0.29, 0.717) is 23.0 Å². The van der Waals surface area contributed by atoms with Crippen molar-refractivity contribution in [3.63, 3.8) is 0 Å². The summed E-state index contributed by atoms with van der Waals surface area (Å²) < 4.78 is 27.6. The molecule has 5 nitrogen and oxygen atoms in total. The molecular weight excluding hydrogens is 491 g/mol. The smallest absolute Gasteiger partial charge is 0.264 e. The molecule has 0 atom stereocenters. The maximum absolute atomic E-state index is 13.3. The molecule has 1 N–H and O–H groups in total. The van der Waals surface area contributed by atoms with Crippen molar-refractivity contribution in [3.8, 4) is 0 Å². The van der Waals surface area contributed by atoms with Crippen LogP contribution in [0.4, 0.5) is 5.69 Å². The molecule has 0 heterocycles. The molecular formula is C23H21Cl3N2O3S. The Labute approximate surface area is 203 Å². The number of nitrogens with zero attached hydrogens (tertiary/aromatic N) is 1. The maximum atomic E-state index is 13.3. The Balaban J connectivity index is 1.71. The maximum Gasteiger partial charge on any atom is 0.264 e. The third kappa shape index (κ3) is 6.39. The third-order valence-electron chi connectivity index (χ3n) is 4.69. The summed E-state index contributed by atoms with van der Waals surface area (Å²) >= 11 is 18.0. The van der Waals surface area contributed by atoms with Gasteiger partial charge in [-0.15, -0.1) is 0 Å². The number of aryl methyl sites for hydroxylation is 1. The van der Waals surface area contributed by atoms with Gasteiger partial charge >= 0.3 is 0 Å². The lowest BCUT2D eigenvalue weighted by Gasteiger charge is -2.24. The lowest BCUT2D eigenvalue weighted by Crippen LogP contribution is -2.41. The highest BCUT2D eigenvalue weighted by Gasteiger charge is 2.27. The quantitative estimate of drug-likeness (QED) is 0.381. The van der Waals surface area contributed by atoms with Crippen LogP contribution in [0.5, 0.6) is 0 Å². The van der Waals surface area contributed by atoms with E-state index < -0.39 is 22.5 Å². The zero-order chi connectivity index (χ0) is 23.1. The number of amides is 1. The molecule has 0 bridgehead atoms. The fourth-order valence-electron chi connectivity index (χ4n) is 3.03. The van der Waals surface area contributed by atoms with Crippen molar-refractivity contribution in [2.24, 2.45) is 0 Å². The van der Waals surface area contributed by atoms with Crippen molar-refractivity contribution in [2.75, 3.05) is 17.4 Å². The van der Waals surface area contributed by atoms with Gasteiger partial charge in [0.05, 0.1) is 20.6 Å². The Morgan fingerprint density at radius 1 is 0.875 bits per heavy atom. The highest BCUT2D eigenvalue weighted by Crippen LogP contribution is 2.30. The molecule has 0 aromatic heterocycles. The van der Waals surface area contributed by atoms with E-state index in [4.69, 9.17) is 34.8 Å². The summed E-state index contributed by atoms with van der Waals surface area (Å²) in [5.74, 6) is -0.424. The molecule has 0 fully saturated rings. The van der Waals surface area contributed by atoms with E-state index in [1.165, 1.54) is 30.3 Å². The molecule has 0 unspecified atom stereocenters. The largest absolute Gasteiger partial charge is 0.355 e. The van der Waals surface area contributed by atoms with Crippen LogP contribution in [-0.4, -0.2) is 27.4 Å². The number of nitrogens with one attached hydrogen (secondary N) is 1. The molecule has 3 rings (SSSR count). The molecule has 0 aliphatic heterocycles. The van der Waals surface area contributed by atoms with Crippen LogP contribution in [0.1, 0.15) is 12.0 Å². The Kier molecular flexibility index (Phi) is 8.43. The second-order valence-electron chi connectivity index (χ2n) is 7.00. The number of anilines is 1. The lowest BCUT2D eigenvalue weighted by atomic mass is 10.1. The van der Waals surface area contributed by atoms with E-state index in [0.717, 1.165) is 16.3 Å². The molecule has 9 heteroatoms. The van der Waals surface area contributed by atoms with Crippen LogP contribution in [-0.2, 0) is 21.2 Å². The van der Waals surface area contributed by atoms with Gasteiger partial charge < -0.3 is 5.32 Å². The SMILES string of the molecule is O=C(CN(c1ccc(Cl)c(Cl)c1)S(=O)(=O)c1ccccc1)NCCCc1ccc(Cl)cc1. The van der Waals surface area contributed by atoms with Crippen LogP contribution in [0.25, 0.3) is 0 Å². The summed E-state index contributed by atoms with van der Waals surface area (Å²) in [5, 5.41) is 3.94. The fraction of sp³-hybridized carbons (Fsp3) is 0.174. The minimum absolute atomic E-state index is 0.0709. The number of benzene rings is 3. The second kappa shape index (κ2) is 11.1. The molecule has 1 amide bonds. The minimum atomic E-state index is -4.00. The van der Waals surface area contributed by atoms with Crippen molar-refractivity contribution in [1.82, 2.24) is 5.32 Å². The average Bonchev–Trinajstić information content (AvgIpc) is 2.79. The monoisotopic (exact) mass is 510 g/mol. The van der Waals surface area contributed by atoms with E-state index in [-0.39, 0.29) is 15.6 Å². The first kappa shape index (κ1) is 24.4. The first-order chi connectivity index (χ1) is 15.3. The zero-order valence-electron chi connectivity index (χ0n) is 17.0. The van der Waals surface area contributed by atoms with Crippen LogP contribution in [0.2, 0.25) is 15.1 Å². The van der Waals surface area contributed by atoms with Crippen molar-refractivity contribution in [3.05, 3.63) is 93.4 Å². The van der Waals surface area contributed by atoms with Crippen molar-refractivity contribution >= 4 is 56.4 Å². The molecule has 168 valence electrons. The van der Waals surface area contributed by atoms with Gasteiger partial charge in [-0.2, -0.15) is 0 Å². The Morgan fingerprint density at radius 3 is 2.22 bits per heavy atom. The predicted molar refractivity (Wildman–Crippen MR) is 130 cm³/mol. The normalized spacial score (nSPS) is 11.2. The van der Waals surface area contributed by atoms with Crippen LogP contribution < -0.4 is 9.62 Å². The molecule has 0 radical (unpaired) electrons. The molecule has 3 aromatic rings. The van der Waals surface area contributed by atoms with Gasteiger partial charge in [0, 0.05) is 11.6 Å². The van der Waals surface area contributed by atoms with Crippen LogP contribution in [0.3, 0.4) is 0 Å². The summed E-state index contributed by atoms with van der Waals surface area (Å²) in [5.41, 5.74) is 1.35. The van der Waals surface area contributed by atoms with Crippen LogP contribution in [0, 0.1) is 0 Å². The van der Waals surface area contributed by atoms with E-state index in [1.807, 2.05) is 24.3 Å². The highest BCUT2D eigenvalue weighted by molar-refractivity contribution is 7.92. The molecule has 0 saturated carbocycles. The van der Waals surface area contributed by atoms with Crippen LogP contribution >= 0.6 is 34.8 Å². The van der Waals surface area contributed by atoms with Crippen molar-refractivity contribution < 1.29 is 13.2 Å². The molecule has 32 heavy (non-hydrogen) atoms.